The fraction of sp³-hybridized carbons (Fsp3) is 0.417. The molecule has 0 aromatic heterocycles. The number of benzene rings is 1. The van der Waals surface area contributed by atoms with Crippen molar-refractivity contribution in [1.82, 2.24) is 0 Å². The van der Waals surface area contributed by atoms with Crippen molar-refractivity contribution in [3.05, 3.63) is 35.1 Å². The van der Waals surface area contributed by atoms with Gasteiger partial charge in [0.25, 0.3) is 0 Å². The minimum absolute atomic E-state index is 0.0596. The van der Waals surface area contributed by atoms with Crippen LogP contribution in [0.2, 0.25) is 0 Å². The molecule has 0 fully saturated rings. The Morgan fingerprint density at radius 1 is 1.47 bits per heavy atom. The lowest BCUT2D eigenvalue weighted by Gasteiger charge is -2.11. The lowest BCUT2D eigenvalue weighted by atomic mass is 10.1. The van der Waals surface area contributed by atoms with Crippen LogP contribution in [0.15, 0.2) is 18.2 Å². The normalized spacial score (nSPS) is 13.1. The zero-order valence-electron chi connectivity index (χ0n) is 9.77. The van der Waals surface area contributed by atoms with Gasteiger partial charge in [-0.25, -0.2) is 12.8 Å². The minimum atomic E-state index is -3.36. The van der Waals surface area contributed by atoms with E-state index in [0.29, 0.717) is 6.42 Å². The van der Waals surface area contributed by atoms with Gasteiger partial charge in [-0.2, -0.15) is 5.26 Å². The lowest BCUT2D eigenvalue weighted by Crippen LogP contribution is -2.19. The average molecular weight is 255 g/mol. The molecule has 3 nitrogen and oxygen atoms in total. The Morgan fingerprint density at radius 2 is 2.12 bits per heavy atom. The fourth-order valence-electron chi connectivity index (χ4n) is 1.37. The highest BCUT2D eigenvalue weighted by Crippen LogP contribution is 2.17. The summed E-state index contributed by atoms with van der Waals surface area (Å²) in [6.45, 7) is 3.37. The Hall–Kier alpha value is -1.41. The molecule has 0 N–H and O–H groups in total. The van der Waals surface area contributed by atoms with Gasteiger partial charge in [0.15, 0.2) is 9.84 Å². The van der Waals surface area contributed by atoms with Gasteiger partial charge < -0.3 is 0 Å². The molecule has 92 valence electrons. The van der Waals surface area contributed by atoms with E-state index in [-0.39, 0.29) is 16.9 Å². The first kappa shape index (κ1) is 13.7. The Kier molecular flexibility index (Phi) is 4.24. The Labute approximate surface area is 101 Å². The fourth-order valence-corrected chi connectivity index (χ4v) is 2.81. The van der Waals surface area contributed by atoms with E-state index in [0.717, 1.165) is 6.07 Å². The van der Waals surface area contributed by atoms with Crippen LogP contribution in [0.4, 0.5) is 4.39 Å². The van der Waals surface area contributed by atoms with Gasteiger partial charge in [-0.05, 0) is 31.5 Å². The molecule has 0 aliphatic carbocycles. The Morgan fingerprint density at radius 3 is 2.65 bits per heavy atom. The van der Waals surface area contributed by atoms with Crippen molar-refractivity contribution < 1.29 is 12.8 Å². The number of nitriles is 1. The van der Waals surface area contributed by atoms with Crippen LogP contribution in [0.1, 0.15) is 31.4 Å². The molecular weight excluding hydrogens is 241 g/mol. The maximum atomic E-state index is 13.4. The van der Waals surface area contributed by atoms with Crippen molar-refractivity contribution in [2.24, 2.45) is 0 Å². The summed E-state index contributed by atoms with van der Waals surface area (Å²) in [6.07, 6.45) is 0.488. The van der Waals surface area contributed by atoms with Gasteiger partial charge in [0.05, 0.1) is 22.6 Å². The molecule has 0 bridgehead atoms. The molecule has 0 radical (unpaired) electrons. The van der Waals surface area contributed by atoms with Crippen molar-refractivity contribution in [1.29, 1.82) is 5.26 Å². The monoisotopic (exact) mass is 255 g/mol. The minimum Gasteiger partial charge on any atom is -0.228 e. The van der Waals surface area contributed by atoms with E-state index in [1.54, 1.807) is 13.8 Å². The summed E-state index contributed by atoms with van der Waals surface area (Å²) >= 11 is 0. The Bertz CT molecular complexity index is 546. The van der Waals surface area contributed by atoms with E-state index in [9.17, 15) is 12.8 Å². The highest BCUT2D eigenvalue weighted by molar-refractivity contribution is 7.91. The standard InChI is InChI=1S/C12H14FNO2S/c1-3-9(2)17(15,16)8-11-6-10(7-14)4-5-12(11)13/h4-6,9H,3,8H2,1-2H3. The third-order valence-electron chi connectivity index (χ3n) is 2.72. The molecule has 0 aliphatic rings. The van der Waals surface area contributed by atoms with E-state index >= 15 is 0 Å². The Balaban J connectivity index is 3.08. The quantitative estimate of drug-likeness (QED) is 0.830. The van der Waals surface area contributed by atoms with Crippen LogP contribution in [0, 0.1) is 17.1 Å². The molecule has 0 spiro atoms. The van der Waals surface area contributed by atoms with Gasteiger partial charge >= 0.3 is 0 Å². The van der Waals surface area contributed by atoms with Crippen molar-refractivity contribution in [2.75, 3.05) is 0 Å². The third-order valence-corrected chi connectivity index (χ3v) is 4.99. The summed E-state index contributed by atoms with van der Waals surface area (Å²) in [4.78, 5) is 0. The smallest absolute Gasteiger partial charge is 0.157 e. The van der Waals surface area contributed by atoms with Crippen molar-refractivity contribution >= 4 is 9.84 Å². The van der Waals surface area contributed by atoms with Gasteiger partial charge in [-0.3, -0.25) is 0 Å². The molecular formula is C12H14FNO2S. The maximum Gasteiger partial charge on any atom is 0.157 e. The highest BCUT2D eigenvalue weighted by Gasteiger charge is 2.21. The molecule has 1 unspecified atom stereocenters. The second-order valence-electron chi connectivity index (χ2n) is 3.94. The van der Waals surface area contributed by atoms with Gasteiger partial charge in [-0.15, -0.1) is 0 Å². The van der Waals surface area contributed by atoms with Crippen LogP contribution >= 0.6 is 0 Å². The first-order valence-electron chi connectivity index (χ1n) is 5.30. The van der Waals surface area contributed by atoms with Crippen LogP contribution in [-0.2, 0) is 15.6 Å². The number of sulfone groups is 1. The summed E-state index contributed by atoms with van der Waals surface area (Å²) in [5.41, 5.74) is 0.324. The molecule has 1 atom stereocenters. The highest BCUT2D eigenvalue weighted by atomic mass is 32.2. The first-order valence-corrected chi connectivity index (χ1v) is 7.02. The summed E-state index contributed by atoms with van der Waals surface area (Å²) < 4.78 is 37.1. The van der Waals surface area contributed by atoms with E-state index in [4.69, 9.17) is 5.26 Å². The van der Waals surface area contributed by atoms with Crippen LogP contribution in [0.25, 0.3) is 0 Å². The average Bonchev–Trinajstić information content (AvgIpc) is 2.30. The van der Waals surface area contributed by atoms with Gasteiger partial charge in [0, 0.05) is 5.56 Å². The third kappa shape index (κ3) is 3.27. The van der Waals surface area contributed by atoms with Gasteiger partial charge in [0.1, 0.15) is 5.82 Å². The van der Waals surface area contributed by atoms with E-state index in [1.807, 2.05) is 6.07 Å². The lowest BCUT2D eigenvalue weighted by molar-refractivity contribution is 0.574. The first-order chi connectivity index (χ1) is 7.90. The predicted molar refractivity (Wildman–Crippen MR) is 63.5 cm³/mol. The van der Waals surface area contributed by atoms with Gasteiger partial charge in [0.2, 0.25) is 0 Å². The largest absolute Gasteiger partial charge is 0.228 e. The van der Waals surface area contributed by atoms with Crippen LogP contribution in [0.5, 0.6) is 0 Å². The zero-order chi connectivity index (χ0) is 13.1. The molecule has 1 aromatic rings. The number of hydrogen-bond acceptors (Lipinski definition) is 3. The van der Waals surface area contributed by atoms with E-state index < -0.39 is 20.9 Å². The number of halogens is 1. The molecule has 0 amide bonds. The second-order valence-corrected chi connectivity index (χ2v) is 6.36. The summed E-state index contributed by atoms with van der Waals surface area (Å²) in [5.74, 6) is -0.945. The SMILES string of the molecule is CCC(C)S(=O)(=O)Cc1cc(C#N)ccc1F. The molecule has 1 aromatic carbocycles. The maximum absolute atomic E-state index is 13.4. The van der Waals surface area contributed by atoms with Crippen LogP contribution in [0.3, 0.4) is 0 Å². The molecule has 1 rings (SSSR count). The predicted octanol–water partition coefficient (Wildman–Crippen LogP) is 2.41. The second kappa shape index (κ2) is 5.28. The molecule has 0 heterocycles. The van der Waals surface area contributed by atoms with E-state index in [1.165, 1.54) is 12.1 Å². The summed E-state index contributed by atoms with van der Waals surface area (Å²) in [5, 5.41) is 8.18. The van der Waals surface area contributed by atoms with E-state index in [2.05, 4.69) is 0 Å². The molecule has 0 saturated carbocycles. The number of nitrogens with zero attached hydrogens (tertiary/aromatic N) is 1. The molecule has 0 saturated heterocycles. The molecule has 5 heteroatoms. The van der Waals surface area contributed by atoms with Crippen molar-refractivity contribution in [3.8, 4) is 6.07 Å². The van der Waals surface area contributed by atoms with Crippen molar-refractivity contribution in [2.45, 2.75) is 31.3 Å². The zero-order valence-corrected chi connectivity index (χ0v) is 10.6. The van der Waals surface area contributed by atoms with Crippen molar-refractivity contribution in [3.63, 3.8) is 0 Å². The molecule has 0 aliphatic heterocycles. The number of rotatable bonds is 4. The topological polar surface area (TPSA) is 57.9 Å². The summed E-state index contributed by atoms with van der Waals surface area (Å²) in [6, 6.07) is 5.60. The molecule has 17 heavy (non-hydrogen) atoms. The van der Waals surface area contributed by atoms with Gasteiger partial charge in [-0.1, -0.05) is 6.92 Å². The van der Waals surface area contributed by atoms with Crippen LogP contribution in [-0.4, -0.2) is 13.7 Å². The summed E-state index contributed by atoms with van der Waals surface area (Å²) in [7, 11) is -3.36. The van der Waals surface area contributed by atoms with Crippen LogP contribution < -0.4 is 0 Å². The number of hydrogen-bond donors (Lipinski definition) is 0.